The first-order valence-corrected chi connectivity index (χ1v) is 12.6. The highest BCUT2D eigenvalue weighted by Crippen LogP contribution is 2.30. The lowest BCUT2D eigenvalue weighted by Crippen LogP contribution is -2.32. The van der Waals surface area contributed by atoms with Crippen molar-refractivity contribution < 1.29 is 14.3 Å². The Balaban J connectivity index is 1.67. The van der Waals surface area contributed by atoms with Gasteiger partial charge in [-0.25, -0.2) is 4.98 Å². The molecule has 1 atom stereocenters. The number of aliphatic imine (C=N–C) groups is 1. The molecule has 0 spiro atoms. The van der Waals surface area contributed by atoms with Gasteiger partial charge in [0.2, 0.25) is 0 Å². The zero-order valence-electron chi connectivity index (χ0n) is 20.8. The van der Waals surface area contributed by atoms with Crippen LogP contribution in [0.4, 0.5) is 0 Å². The van der Waals surface area contributed by atoms with Crippen LogP contribution in [0.2, 0.25) is 0 Å². The van der Waals surface area contributed by atoms with E-state index in [0.29, 0.717) is 66.8 Å². The Morgan fingerprint density at radius 3 is 2.81 bits per heavy atom. The molecule has 1 aliphatic rings. The van der Waals surface area contributed by atoms with E-state index >= 15 is 0 Å². The first kappa shape index (κ1) is 25.6. The van der Waals surface area contributed by atoms with Crippen LogP contribution in [0.25, 0.3) is 11.0 Å². The molecular formula is C26H32N6O3S. The summed E-state index contributed by atoms with van der Waals surface area (Å²) in [6, 6.07) is 10.8. The molecule has 10 heteroatoms. The number of carbonyl (C=O) groups is 2. The normalized spacial score (nSPS) is 14.3. The molecule has 2 heterocycles. The van der Waals surface area contributed by atoms with Crippen molar-refractivity contribution in [1.82, 2.24) is 19.8 Å². The Morgan fingerprint density at radius 1 is 1.31 bits per heavy atom. The average molecular weight is 509 g/mol. The molecule has 1 aromatic heterocycles. The van der Waals surface area contributed by atoms with Crippen molar-refractivity contribution in [2.24, 2.45) is 17.8 Å². The zero-order chi connectivity index (χ0) is 25.8. The number of hydrogen-bond acceptors (Lipinski definition) is 6. The van der Waals surface area contributed by atoms with Gasteiger partial charge in [-0.15, -0.1) is 0 Å². The fourth-order valence-electron chi connectivity index (χ4n) is 4.62. The fraction of sp³-hybridized carbons (Fsp3) is 0.385. The van der Waals surface area contributed by atoms with Crippen LogP contribution in [0.3, 0.4) is 0 Å². The van der Waals surface area contributed by atoms with Gasteiger partial charge in [0.25, 0.3) is 11.8 Å². The van der Waals surface area contributed by atoms with Crippen LogP contribution in [0, 0.1) is 0 Å². The fourth-order valence-corrected chi connectivity index (χ4v) is 4.72. The minimum atomic E-state index is -0.415. The van der Waals surface area contributed by atoms with E-state index in [1.165, 1.54) is 0 Å². The molecule has 4 rings (SSSR count). The predicted octanol–water partition coefficient (Wildman–Crippen LogP) is 3.10. The summed E-state index contributed by atoms with van der Waals surface area (Å²) >= 11 is 4.15. The van der Waals surface area contributed by atoms with Gasteiger partial charge in [0.1, 0.15) is 22.9 Å². The van der Waals surface area contributed by atoms with E-state index in [0.717, 1.165) is 16.6 Å². The molecule has 190 valence electrons. The number of benzene rings is 2. The lowest BCUT2D eigenvalue weighted by atomic mass is 10.0. The van der Waals surface area contributed by atoms with E-state index in [9.17, 15) is 9.59 Å². The third kappa shape index (κ3) is 4.90. The number of hydrogen-bond donors (Lipinski definition) is 3. The highest BCUT2D eigenvalue weighted by molar-refractivity contribution is 7.81. The number of aryl methyl sites for hydroxylation is 1. The Bertz CT molecular complexity index is 1320. The summed E-state index contributed by atoms with van der Waals surface area (Å²) in [5.41, 5.74) is 9.15. The lowest BCUT2D eigenvalue weighted by Gasteiger charge is -2.19. The summed E-state index contributed by atoms with van der Waals surface area (Å²) in [5, 5.41) is 3.15. The van der Waals surface area contributed by atoms with E-state index in [1.54, 1.807) is 18.1 Å². The number of methoxy groups -OCH3 is 1. The number of fused-ring (bicyclic) bond motifs is 2. The van der Waals surface area contributed by atoms with E-state index in [4.69, 9.17) is 15.5 Å². The number of amides is 2. The van der Waals surface area contributed by atoms with Gasteiger partial charge < -0.3 is 25.3 Å². The predicted molar refractivity (Wildman–Crippen MR) is 144 cm³/mol. The van der Waals surface area contributed by atoms with Crippen molar-refractivity contribution >= 4 is 41.3 Å². The van der Waals surface area contributed by atoms with Crippen LogP contribution >= 0.6 is 12.6 Å². The molecule has 36 heavy (non-hydrogen) atoms. The van der Waals surface area contributed by atoms with Gasteiger partial charge in [-0.2, -0.15) is 12.6 Å². The third-order valence-corrected chi connectivity index (χ3v) is 6.84. The van der Waals surface area contributed by atoms with Crippen LogP contribution in [0.15, 0.2) is 41.4 Å². The number of thiol groups is 1. The largest absolute Gasteiger partial charge is 0.494 e. The molecule has 1 aliphatic heterocycles. The molecule has 0 aliphatic carbocycles. The van der Waals surface area contributed by atoms with Crippen molar-refractivity contribution in [1.29, 1.82) is 0 Å². The van der Waals surface area contributed by atoms with Crippen LogP contribution < -0.4 is 15.8 Å². The number of rotatable bonds is 10. The maximum atomic E-state index is 13.6. The number of aromatic nitrogens is 2. The number of amidine groups is 1. The Kier molecular flexibility index (Phi) is 7.83. The minimum Gasteiger partial charge on any atom is -0.494 e. The number of carbonyl (C=O) groups excluding carboxylic acids is 2. The molecule has 3 N–H and O–H groups in total. The summed E-state index contributed by atoms with van der Waals surface area (Å²) < 4.78 is 7.47. The third-order valence-electron chi connectivity index (χ3n) is 6.51. The average Bonchev–Trinajstić information content (AvgIpc) is 3.41. The number of para-hydroxylation sites is 1. The van der Waals surface area contributed by atoms with Crippen molar-refractivity contribution in [2.75, 3.05) is 26.0 Å². The summed E-state index contributed by atoms with van der Waals surface area (Å²) in [4.78, 5) is 37.4. The van der Waals surface area contributed by atoms with Crippen molar-refractivity contribution in [3.63, 3.8) is 0 Å². The highest BCUT2D eigenvalue weighted by Gasteiger charge is 2.32. The Labute approximate surface area is 216 Å². The van der Waals surface area contributed by atoms with Gasteiger partial charge in [-0.05, 0) is 43.5 Å². The van der Waals surface area contributed by atoms with E-state index in [1.807, 2.05) is 48.9 Å². The van der Waals surface area contributed by atoms with E-state index in [-0.39, 0.29) is 11.8 Å². The molecule has 3 aromatic rings. The highest BCUT2D eigenvalue weighted by atomic mass is 32.1. The second-order valence-corrected chi connectivity index (χ2v) is 9.03. The van der Waals surface area contributed by atoms with Gasteiger partial charge in [-0.1, -0.05) is 18.2 Å². The summed E-state index contributed by atoms with van der Waals surface area (Å²) in [6.07, 6.45) is 1.26. The second kappa shape index (κ2) is 11.0. The molecule has 0 unspecified atom stereocenters. The van der Waals surface area contributed by atoms with Crippen LogP contribution in [0.5, 0.6) is 5.75 Å². The van der Waals surface area contributed by atoms with Gasteiger partial charge in [-0.3, -0.25) is 14.6 Å². The number of imidazole rings is 1. The molecule has 9 nitrogen and oxygen atoms in total. The molecule has 0 saturated carbocycles. The molecule has 0 saturated heterocycles. The topological polar surface area (TPSA) is 115 Å². The van der Waals surface area contributed by atoms with Crippen molar-refractivity contribution in [2.45, 2.75) is 32.4 Å². The van der Waals surface area contributed by atoms with Crippen LogP contribution in [0.1, 0.15) is 57.9 Å². The minimum absolute atomic E-state index is 0.112. The number of nitrogens with zero attached hydrogens (tertiary/aromatic N) is 4. The molecule has 0 radical (unpaired) electrons. The molecular weight excluding hydrogens is 476 g/mol. The molecule has 0 bridgehead atoms. The number of ether oxygens (including phenoxy) is 1. The monoisotopic (exact) mass is 508 g/mol. The van der Waals surface area contributed by atoms with Gasteiger partial charge in [0.15, 0.2) is 0 Å². The second-order valence-electron chi connectivity index (χ2n) is 8.72. The summed E-state index contributed by atoms with van der Waals surface area (Å²) in [7, 11) is 3.53. The molecule has 2 amide bonds. The standard InChI is InChI=1S/C26H32N6O3S/c1-4-32-14-16-8-5-9-17(22(16)26(32)34)25(33)29-18(10-7-13-28-21(27)15-36)24-30-23-19(31(24)2)11-6-12-20(23)35-3/h5-6,8-9,11-12,18,36H,4,7,10,13-15H2,1-3H3,(H2,27,28)(H,29,33)/t18-/m0/s1. The first-order chi connectivity index (χ1) is 17.4. The van der Waals surface area contributed by atoms with Gasteiger partial charge in [0, 0.05) is 32.4 Å². The lowest BCUT2D eigenvalue weighted by molar-refractivity contribution is 0.0780. The van der Waals surface area contributed by atoms with Crippen LogP contribution in [-0.2, 0) is 13.6 Å². The summed E-state index contributed by atoms with van der Waals surface area (Å²) in [5.74, 6) is 1.82. The maximum absolute atomic E-state index is 13.6. The van der Waals surface area contributed by atoms with E-state index in [2.05, 4.69) is 22.9 Å². The smallest absolute Gasteiger partial charge is 0.255 e. The molecule has 0 fully saturated rings. The van der Waals surface area contributed by atoms with E-state index < -0.39 is 6.04 Å². The Morgan fingerprint density at radius 2 is 2.08 bits per heavy atom. The zero-order valence-corrected chi connectivity index (χ0v) is 21.7. The summed E-state index contributed by atoms with van der Waals surface area (Å²) in [6.45, 7) is 3.55. The van der Waals surface area contributed by atoms with Crippen molar-refractivity contribution in [3.05, 3.63) is 58.9 Å². The number of nitrogens with two attached hydrogens (primary N) is 1. The Hall–Kier alpha value is -3.53. The van der Waals surface area contributed by atoms with Gasteiger partial charge >= 0.3 is 0 Å². The quantitative estimate of drug-likeness (QED) is 0.169. The van der Waals surface area contributed by atoms with Gasteiger partial charge in [0.05, 0.1) is 29.8 Å². The SMILES string of the molecule is CCN1Cc2cccc(C(=O)N[C@@H](CCCN=C(N)CS)c3nc4c(OC)cccc4n3C)c2C1=O. The van der Waals surface area contributed by atoms with Crippen LogP contribution in [-0.4, -0.2) is 58.1 Å². The van der Waals surface area contributed by atoms with Crippen molar-refractivity contribution in [3.8, 4) is 5.75 Å². The first-order valence-electron chi connectivity index (χ1n) is 12.0. The number of nitrogens with one attached hydrogen (secondary N) is 1. The molecule has 2 aromatic carbocycles. The maximum Gasteiger partial charge on any atom is 0.255 e.